The van der Waals surface area contributed by atoms with Gasteiger partial charge in [0.15, 0.2) is 0 Å². The van der Waals surface area contributed by atoms with Crippen LogP contribution in [0.4, 0.5) is 0 Å². The molecule has 0 spiro atoms. The summed E-state index contributed by atoms with van der Waals surface area (Å²) in [6.45, 7) is 10.4. The second-order valence-corrected chi connectivity index (χ2v) is 7.28. The van der Waals surface area contributed by atoms with E-state index in [0.29, 0.717) is 5.92 Å². The van der Waals surface area contributed by atoms with Crippen molar-refractivity contribution >= 4 is 0 Å². The van der Waals surface area contributed by atoms with E-state index in [-0.39, 0.29) is 0 Å². The molecule has 20 heavy (non-hydrogen) atoms. The van der Waals surface area contributed by atoms with Gasteiger partial charge in [-0.1, -0.05) is 52.0 Å². The average molecular weight is 273 g/mol. The predicted octanol–water partition coefficient (Wildman–Crippen LogP) is 4.77. The Balaban J connectivity index is 1.90. The first-order chi connectivity index (χ1) is 9.54. The molecule has 0 amide bonds. The highest BCUT2D eigenvalue weighted by atomic mass is 14.9. The lowest BCUT2D eigenvalue weighted by atomic mass is 9.90. The first-order valence-corrected chi connectivity index (χ1v) is 8.36. The molecule has 1 aromatic rings. The zero-order valence-corrected chi connectivity index (χ0v) is 13.7. The molecule has 1 atom stereocenters. The van der Waals surface area contributed by atoms with Crippen molar-refractivity contribution in [3.63, 3.8) is 0 Å². The van der Waals surface area contributed by atoms with E-state index in [1.807, 2.05) is 0 Å². The van der Waals surface area contributed by atoms with Crippen LogP contribution in [0.1, 0.15) is 64.0 Å². The fraction of sp³-hybridized carbons (Fsp3) is 0.684. The van der Waals surface area contributed by atoms with Crippen molar-refractivity contribution < 1.29 is 0 Å². The van der Waals surface area contributed by atoms with Gasteiger partial charge in [0.25, 0.3) is 0 Å². The maximum absolute atomic E-state index is 3.71. The van der Waals surface area contributed by atoms with Crippen LogP contribution in [0.5, 0.6) is 0 Å². The van der Waals surface area contributed by atoms with E-state index < -0.39 is 0 Å². The largest absolute Gasteiger partial charge is 0.314 e. The Morgan fingerprint density at radius 3 is 2.20 bits per heavy atom. The molecule has 0 aromatic heterocycles. The normalized spacial score (nSPS) is 16.9. The van der Waals surface area contributed by atoms with Gasteiger partial charge in [0, 0.05) is 6.04 Å². The van der Waals surface area contributed by atoms with Crippen molar-refractivity contribution in [3.05, 3.63) is 35.4 Å². The molecular formula is C19H31N. The van der Waals surface area contributed by atoms with Crippen LogP contribution >= 0.6 is 0 Å². The van der Waals surface area contributed by atoms with E-state index >= 15 is 0 Å². The quantitative estimate of drug-likeness (QED) is 0.719. The summed E-state index contributed by atoms with van der Waals surface area (Å²) in [5.41, 5.74) is 2.95. The maximum Gasteiger partial charge on any atom is 0.00683 e. The molecule has 2 rings (SSSR count). The smallest absolute Gasteiger partial charge is 0.00683 e. The second kappa shape index (κ2) is 7.26. The summed E-state index contributed by atoms with van der Waals surface area (Å²) < 4.78 is 0. The van der Waals surface area contributed by atoms with Crippen molar-refractivity contribution in [1.82, 2.24) is 5.32 Å². The van der Waals surface area contributed by atoms with Crippen LogP contribution in [0.15, 0.2) is 24.3 Å². The molecule has 0 saturated heterocycles. The van der Waals surface area contributed by atoms with E-state index in [1.54, 1.807) is 0 Å². The first kappa shape index (κ1) is 15.6. The van der Waals surface area contributed by atoms with Gasteiger partial charge in [0.05, 0.1) is 0 Å². The average Bonchev–Trinajstić information content (AvgIpc) is 3.20. The van der Waals surface area contributed by atoms with Gasteiger partial charge in [0.1, 0.15) is 0 Å². The summed E-state index contributed by atoms with van der Waals surface area (Å²) in [5.74, 6) is 2.20. The standard InChI is InChI=1S/C19H31N/c1-14(2)11-17(13-20-19-9-10-19)12-16-5-7-18(8-6-16)15(3)4/h5-8,14-15,17,19-20H,9-13H2,1-4H3. The molecule has 112 valence electrons. The molecule has 1 aromatic carbocycles. The summed E-state index contributed by atoms with van der Waals surface area (Å²) in [5, 5.41) is 3.71. The molecular weight excluding hydrogens is 242 g/mol. The van der Waals surface area contributed by atoms with Gasteiger partial charge in [-0.25, -0.2) is 0 Å². The minimum Gasteiger partial charge on any atom is -0.314 e. The van der Waals surface area contributed by atoms with Crippen LogP contribution < -0.4 is 5.32 Å². The molecule has 1 aliphatic carbocycles. The van der Waals surface area contributed by atoms with Crippen LogP contribution in [-0.4, -0.2) is 12.6 Å². The lowest BCUT2D eigenvalue weighted by Crippen LogP contribution is -2.27. The number of hydrogen-bond acceptors (Lipinski definition) is 1. The predicted molar refractivity (Wildman–Crippen MR) is 88.2 cm³/mol. The lowest BCUT2D eigenvalue weighted by molar-refractivity contribution is 0.384. The number of nitrogens with one attached hydrogen (secondary N) is 1. The first-order valence-electron chi connectivity index (χ1n) is 8.36. The summed E-state index contributed by atoms with van der Waals surface area (Å²) in [7, 11) is 0. The van der Waals surface area contributed by atoms with E-state index in [1.165, 1.54) is 43.4 Å². The van der Waals surface area contributed by atoms with E-state index in [0.717, 1.165) is 17.9 Å². The van der Waals surface area contributed by atoms with Gasteiger partial charge in [-0.3, -0.25) is 0 Å². The van der Waals surface area contributed by atoms with Crippen molar-refractivity contribution in [2.75, 3.05) is 6.54 Å². The van der Waals surface area contributed by atoms with Gasteiger partial charge < -0.3 is 5.32 Å². The van der Waals surface area contributed by atoms with E-state index in [9.17, 15) is 0 Å². The number of hydrogen-bond donors (Lipinski definition) is 1. The highest BCUT2D eigenvalue weighted by Crippen LogP contribution is 2.23. The molecule has 1 aliphatic rings. The molecule has 0 aliphatic heterocycles. The summed E-state index contributed by atoms with van der Waals surface area (Å²) in [6, 6.07) is 10.1. The monoisotopic (exact) mass is 273 g/mol. The maximum atomic E-state index is 3.71. The second-order valence-electron chi connectivity index (χ2n) is 7.28. The van der Waals surface area contributed by atoms with Crippen LogP contribution in [0.2, 0.25) is 0 Å². The van der Waals surface area contributed by atoms with Crippen molar-refractivity contribution in [1.29, 1.82) is 0 Å². The van der Waals surface area contributed by atoms with Gasteiger partial charge >= 0.3 is 0 Å². The van der Waals surface area contributed by atoms with Crippen LogP contribution in [-0.2, 0) is 6.42 Å². The molecule has 1 nitrogen and oxygen atoms in total. The zero-order chi connectivity index (χ0) is 14.5. The van der Waals surface area contributed by atoms with E-state index in [2.05, 4.69) is 57.3 Å². The molecule has 0 bridgehead atoms. The topological polar surface area (TPSA) is 12.0 Å². The Morgan fingerprint density at radius 1 is 1.05 bits per heavy atom. The highest BCUT2D eigenvalue weighted by molar-refractivity contribution is 5.25. The Hall–Kier alpha value is -0.820. The van der Waals surface area contributed by atoms with Crippen LogP contribution in [0.3, 0.4) is 0 Å². The molecule has 0 heterocycles. The van der Waals surface area contributed by atoms with Gasteiger partial charge in [-0.05, 0) is 61.1 Å². The van der Waals surface area contributed by atoms with Crippen molar-refractivity contribution in [3.8, 4) is 0 Å². The fourth-order valence-corrected chi connectivity index (χ4v) is 2.90. The Kier molecular flexibility index (Phi) is 5.65. The highest BCUT2D eigenvalue weighted by Gasteiger charge is 2.22. The Labute approximate surface area is 125 Å². The third-order valence-electron chi connectivity index (χ3n) is 4.25. The van der Waals surface area contributed by atoms with Crippen molar-refractivity contribution in [2.24, 2.45) is 11.8 Å². The zero-order valence-electron chi connectivity index (χ0n) is 13.7. The molecule has 0 radical (unpaired) electrons. The Bertz CT molecular complexity index is 387. The van der Waals surface area contributed by atoms with Gasteiger partial charge in [-0.15, -0.1) is 0 Å². The Morgan fingerprint density at radius 2 is 1.70 bits per heavy atom. The fourth-order valence-electron chi connectivity index (χ4n) is 2.90. The summed E-state index contributed by atoms with van der Waals surface area (Å²) >= 11 is 0. The molecule has 1 fully saturated rings. The summed E-state index contributed by atoms with van der Waals surface area (Å²) in [6.07, 6.45) is 5.32. The third-order valence-corrected chi connectivity index (χ3v) is 4.25. The minimum atomic E-state index is 0.632. The van der Waals surface area contributed by atoms with Crippen molar-refractivity contribution in [2.45, 2.75) is 65.3 Å². The van der Waals surface area contributed by atoms with Crippen LogP contribution in [0, 0.1) is 11.8 Å². The number of rotatable bonds is 8. The van der Waals surface area contributed by atoms with Gasteiger partial charge in [0.2, 0.25) is 0 Å². The van der Waals surface area contributed by atoms with Crippen LogP contribution in [0.25, 0.3) is 0 Å². The van der Waals surface area contributed by atoms with E-state index in [4.69, 9.17) is 0 Å². The minimum absolute atomic E-state index is 0.632. The molecule has 1 N–H and O–H groups in total. The lowest BCUT2D eigenvalue weighted by Gasteiger charge is -2.20. The van der Waals surface area contributed by atoms with Gasteiger partial charge in [-0.2, -0.15) is 0 Å². The third kappa shape index (κ3) is 5.28. The SMILES string of the molecule is CC(C)CC(CNC1CC1)Cc1ccc(C(C)C)cc1. The number of benzene rings is 1. The summed E-state index contributed by atoms with van der Waals surface area (Å²) in [4.78, 5) is 0. The molecule has 1 heteroatoms. The molecule has 1 unspecified atom stereocenters. The molecule has 1 saturated carbocycles.